The Morgan fingerprint density at radius 1 is 1.53 bits per heavy atom. The zero-order valence-electron chi connectivity index (χ0n) is 9.07. The fourth-order valence-corrected chi connectivity index (χ4v) is 1.36. The number of carbonyl (C=O) groups is 1. The molecule has 3 N–H and O–H groups in total. The fraction of sp³-hybridized carbons (Fsp3) is 0.600. The molecule has 0 aliphatic heterocycles. The summed E-state index contributed by atoms with van der Waals surface area (Å²) in [5, 5.41) is 6.37. The Bertz CT molecular complexity index is 284. The van der Waals surface area contributed by atoms with Crippen molar-refractivity contribution < 1.29 is 4.79 Å². The highest BCUT2D eigenvalue weighted by Crippen LogP contribution is 2.02. The highest BCUT2D eigenvalue weighted by molar-refractivity contribution is 5.93. The largest absolute Gasteiger partial charge is 0.342 e. The van der Waals surface area contributed by atoms with E-state index in [1.807, 2.05) is 0 Å². The SMILES string of the molecule is CN(CCCCCN)C(=O)c1cn[nH]c1. The summed E-state index contributed by atoms with van der Waals surface area (Å²) >= 11 is 0. The van der Waals surface area contributed by atoms with Crippen molar-refractivity contribution in [3.05, 3.63) is 18.0 Å². The number of hydrogen-bond acceptors (Lipinski definition) is 3. The maximum Gasteiger partial charge on any atom is 0.256 e. The Kier molecular flexibility index (Phi) is 4.83. The Morgan fingerprint density at radius 3 is 2.93 bits per heavy atom. The van der Waals surface area contributed by atoms with Crippen LogP contribution in [0.25, 0.3) is 0 Å². The van der Waals surface area contributed by atoms with Gasteiger partial charge < -0.3 is 10.6 Å². The highest BCUT2D eigenvalue weighted by atomic mass is 16.2. The van der Waals surface area contributed by atoms with Gasteiger partial charge in [0.25, 0.3) is 5.91 Å². The molecule has 1 amide bonds. The van der Waals surface area contributed by atoms with Gasteiger partial charge in [-0.25, -0.2) is 0 Å². The van der Waals surface area contributed by atoms with Crippen molar-refractivity contribution in [1.82, 2.24) is 15.1 Å². The minimum absolute atomic E-state index is 0.0106. The molecule has 0 aliphatic carbocycles. The number of carbonyl (C=O) groups excluding carboxylic acids is 1. The number of aromatic amines is 1. The monoisotopic (exact) mass is 210 g/mol. The van der Waals surface area contributed by atoms with Crippen molar-refractivity contribution in [1.29, 1.82) is 0 Å². The molecule has 5 nitrogen and oxygen atoms in total. The number of unbranched alkanes of at least 4 members (excludes halogenated alkanes) is 2. The zero-order valence-corrected chi connectivity index (χ0v) is 9.07. The van der Waals surface area contributed by atoms with Gasteiger partial charge in [-0.3, -0.25) is 9.89 Å². The molecule has 0 saturated carbocycles. The predicted molar refractivity (Wildman–Crippen MR) is 58.5 cm³/mol. The number of nitrogens with zero attached hydrogens (tertiary/aromatic N) is 2. The van der Waals surface area contributed by atoms with E-state index in [1.165, 1.54) is 0 Å². The molecule has 84 valence electrons. The van der Waals surface area contributed by atoms with Crippen molar-refractivity contribution in [2.24, 2.45) is 5.73 Å². The molecule has 0 spiro atoms. The van der Waals surface area contributed by atoms with Gasteiger partial charge in [0.2, 0.25) is 0 Å². The van der Waals surface area contributed by atoms with Gasteiger partial charge in [-0.2, -0.15) is 5.10 Å². The van der Waals surface area contributed by atoms with Crippen LogP contribution in [0.1, 0.15) is 29.6 Å². The van der Waals surface area contributed by atoms with Crippen molar-refractivity contribution in [2.45, 2.75) is 19.3 Å². The molecular weight excluding hydrogens is 192 g/mol. The average Bonchev–Trinajstić information content (AvgIpc) is 2.76. The van der Waals surface area contributed by atoms with Crippen molar-refractivity contribution in [3.8, 4) is 0 Å². The van der Waals surface area contributed by atoms with Crippen molar-refractivity contribution in [2.75, 3.05) is 20.1 Å². The van der Waals surface area contributed by atoms with Crippen LogP contribution in [0.5, 0.6) is 0 Å². The lowest BCUT2D eigenvalue weighted by molar-refractivity contribution is 0.0793. The molecule has 0 bridgehead atoms. The molecule has 15 heavy (non-hydrogen) atoms. The number of amides is 1. The summed E-state index contributed by atoms with van der Waals surface area (Å²) in [7, 11) is 1.80. The summed E-state index contributed by atoms with van der Waals surface area (Å²) in [6.45, 7) is 1.49. The smallest absolute Gasteiger partial charge is 0.256 e. The Balaban J connectivity index is 2.28. The maximum atomic E-state index is 11.7. The number of H-pyrrole nitrogens is 1. The number of hydrogen-bond donors (Lipinski definition) is 2. The number of aromatic nitrogens is 2. The topological polar surface area (TPSA) is 75.0 Å². The molecule has 0 aromatic carbocycles. The molecule has 1 aromatic rings. The third-order valence-electron chi connectivity index (χ3n) is 2.29. The molecule has 1 rings (SSSR count). The van der Waals surface area contributed by atoms with Crippen LogP contribution in [-0.2, 0) is 0 Å². The second kappa shape index (κ2) is 6.19. The Hall–Kier alpha value is -1.36. The van der Waals surface area contributed by atoms with E-state index >= 15 is 0 Å². The molecule has 0 atom stereocenters. The van der Waals surface area contributed by atoms with E-state index in [2.05, 4.69) is 10.2 Å². The fourth-order valence-electron chi connectivity index (χ4n) is 1.36. The molecule has 1 aromatic heterocycles. The molecule has 0 saturated heterocycles. The van der Waals surface area contributed by atoms with E-state index in [4.69, 9.17) is 5.73 Å². The standard InChI is InChI=1S/C10H18N4O/c1-14(6-4-2-3-5-11)10(15)9-7-12-13-8-9/h7-8H,2-6,11H2,1H3,(H,12,13). The average molecular weight is 210 g/mol. The Labute approximate surface area is 89.6 Å². The molecule has 0 fully saturated rings. The first-order valence-corrected chi connectivity index (χ1v) is 5.20. The summed E-state index contributed by atoms with van der Waals surface area (Å²) in [4.78, 5) is 13.4. The first kappa shape index (κ1) is 11.7. The van der Waals surface area contributed by atoms with Gasteiger partial charge >= 0.3 is 0 Å². The first-order valence-electron chi connectivity index (χ1n) is 5.20. The van der Waals surface area contributed by atoms with Gasteiger partial charge in [-0.15, -0.1) is 0 Å². The van der Waals surface area contributed by atoms with E-state index in [0.29, 0.717) is 5.56 Å². The lowest BCUT2D eigenvalue weighted by atomic mass is 10.2. The lowest BCUT2D eigenvalue weighted by Crippen LogP contribution is -2.27. The van der Waals surface area contributed by atoms with Crippen LogP contribution >= 0.6 is 0 Å². The van der Waals surface area contributed by atoms with Crippen molar-refractivity contribution >= 4 is 5.91 Å². The predicted octanol–water partition coefficient (Wildman–Crippen LogP) is 0.611. The van der Waals surface area contributed by atoms with E-state index in [1.54, 1.807) is 24.3 Å². The van der Waals surface area contributed by atoms with Gasteiger partial charge in [-0.1, -0.05) is 6.42 Å². The molecule has 0 aliphatic rings. The van der Waals surface area contributed by atoms with Crippen LogP contribution in [0.3, 0.4) is 0 Å². The Morgan fingerprint density at radius 2 is 2.33 bits per heavy atom. The van der Waals surface area contributed by atoms with Gasteiger partial charge in [0, 0.05) is 19.8 Å². The summed E-state index contributed by atoms with van der Waals surface area (Å²) in [6, 6.07) is 0. The third-order valence-corrected chi connectivity index (χ3v) is 2.29. The van der Waals surface area contributed by atoms with Gasteiger partial charge in [0.05, 0.1) is 11.8 Å². The van der Waals surface area contributed by atoms with Gasteiger partial charge in [0.15, 0.2) is 0 Å². The summed E-state index contributed by atoms with van der Waals surface area (Å²) in [5.74, 6) is 0.0106. The number of nitrogens with one attached hydrogen (secondary N) is 1. The van der Waals surface area contributed by atoms with Gasteiger partial charge in [-0.05, 0) is 19.4 Å². The summed E-state index contributed by atoms with van der Waals surface area (Å²) < 4.78 is 0. The third kappa shape index (κ3) is 3.71. The maximum absolute atomic E-state index is 11.7. The van der Waals surface area contributed by atoms with Crippen LogP contribution in [0.15, 0.2) is 12.4 Å². The van der Waals surface area contributed by atoms with E-state index < -0.39 is 0 Å². The quantitative estimate of drug-likeness (QED) is 0.675. The molecule has 0 unspecified atom stereocenters. The summed E-state index contributed by atoms with van der Waals surface area (Å²) in [6.07, 6.45) is 6.24. The van der Waals surface area contributed by atoms with E-state index in [-0.39, 0.29) is 5.91 Å². The zero-order chi connectivity index (χ0) is 11.1. The van der Waals surface area contributed by atoms with Crippen LogP contribution in [0.4, 0.5) is 0 Å². The summed E-state index contributed by atoms with van der Waals surface area (Å²) in [5.41, 5.74) is 6.00. The van der Waals surface area contributed by atoms with Crippen molar-refractivity contribution in [3.63, 3.8) is 0 Å². The molecule has 0 radical (unpaired) electrons. The van der Waals surface area contributed by atoms with Crippen LogP contribution in [0, 0.1) is 0 Å². The normalized spacial score (nSPS) is 10.3. The van der Waals surface area contributed by atoms with E-state index in [9.17, 15) is 4.79 Å². The number of rotatable bonds is 6. The van der Waals surface area contributed by atoms with E-state index in [0.717, 1.165) is 32.4 Å². The second-order valence-corrected chi connectivity index (χ2v) is 3.56. The second-order valence-electron chi connectivity index (χ2n) is 3.56. The number of nitrogens with two attached hydrogens (primary N) is 1. The molecule has 1 heterocycles. The molecule has 5 heteroatoms. The van der Waals surface area contributed by atoms with Gasteiger partial charge in [0.1, 0.15) is 0 Å². The minimum Gasteiger partial charge on any atom is -0.342 e. The van der Waals surface area contributed by atoms with Crippen LogP contribution < -0.4 is 5.73 Å². The first-order chi connectivity index (χ1) is 7.25. The van der Waals surface area contributed by atoms with Crippen LogP contribution in [-0.4, -0.2) is 41.1 Å². The highest BCUT2D eigenvalue weighted by Gasteiger charge is 2.11. The minimum atomic E-state index is 0.0106. The van der Waals surface area contributed by atoms with Crippen LogP contribution in [0.2, 0.25) is 0 Å². The molecular formula is C10H18N4O. The lowest BCUT2D eigenvalue weighted by Gasteiger charge is -2.15.